The third-order valence-corrected chi connectivity index (χ3v) is 5.78. The van der Waals surface area contributed by atoms with E-state index in [1.54, 1.807) is 0 Å². The molecule has 3 aromatic rings. The van der Waals surface area contributed by atoms with Gasteiger partial charge in [-0.3, -0.25) is 0 Å². The predicted octanol–water partition coefficient (Wildman–Crippen LogP) is 4.75. The molecule has 0 aliphatic heterocycles. The summed E-state index contributed by atoms with van der Waals surface area (Å²) >= 11 is 3.47. The molecule has 3 aromatic carbocycles. The van der Waals surface area contributed by atoms with Crippen molar-refractivity contribution in [2.75, 3.05) is 28.4 Å². The van der Waals surface area contributed by atoms with Gasteiger partial charge >= 0.3 is 23.9 Å². The summed E-state index contributed by atoms with van der Waals surface area (Å²) < 4.78 is 31.5. The van der Waals surface area contributed by atoms with Crippen LogP contribution < -0.4 is 9.47 Å². The normalized spacial score (nSPS) is 10.3. The molecular weight excluding hydrogens is 576 g/mol. The monoisotopic (exact) mass is 600 g/mol. The molecule has 0 saturated carbocycles. The summed E-state index contributed by atoms with van der Waals surface area (Å²) in [5.41, 5.74) is 2.06. The minimum absolute atomic E-state index is 0.0992. The Hall–Kier alpha value is -4.38. The van der Waals surface area contributed by atoms with Crippen molar-refractivity contribution in [1.29, 1.82) is 0 Å². The molecule has 0 bridgehead atoms. The van der Waals surface area contributed by atoms with E-state index in [0.717, 1.165) is 15.6 Å². The second kappa shape index (κ2) is 13.4. The van der Waals surface area contributed by atoms with Crippen molar-refractivity contribution in [1.82, 2.24) is 0 Å². The Kier molecular flexibility index (Phi) is 10.0. The van der Waals surface area contributed by atoms with E-state index in [9.17, 15) is 19.2 Å². The minimum Gasteiger partial charge on any atom is -0.489 e. The van der Waals surface area contributed by atoms with Crippen molar-refractivity contribution < 1.29 is 47.6 Å². The lowest BCUT2D eigenvalue weighted by atomic mass is 10.1. The third-order valence-electron chi connectivity index (χ3n) is 5.33. The van der Waals surface area contributed by atoms with Gasteiger partial charge in [0.1, 0.15) is 24.7 Å². The maximum atomic E-state index is 12.0. The van der Waals surface area contributed by atoms with E-state index in [1.807, 2.05) is 18.2 Å². The highest BCUT2D eigenvalue weighted by Gasteiger charge is 2.16. The fourth-order valence-corrected chi connectivity index (χ4v) is 4.11. The highest BCUT2D eigenvalue weighted by Crippen LogP contribution is 2.24. The van der Waals surface area contributed by atoms with Gasteiger partial charge in [-0.1, -0.05) is 15.9 Å². The number of carbonyl (C=O) groups excluding carboxylic acids is 4. The summed E-state index contributed by atoms with van der Waals surface area (Å²) in [6, 6.07) is 14.1. The van der Waals surface area contributed by atoms with Crippen LogP contribution in [0.5, 0.6) is 11.5 Å². The summed E-state index contributed by atoms with van der Waals surface area (Å²) in [6.45, 7) is 0.198. The van der Waals surface area contributed by atoms with Gasteiger partial charge < -0.3 is 28.4 Å². The van der Waals surface area contributed by atoms with Crippen LogP contribution in [0.2, 0.25) is 0 Å². The minimum atomic E-state index is -0.626. The van der Waals surface area contributed by atoms with Crippen molar-refractivity contribution >= 4 is 39.8 Å². The van der Waals surface area contributed by atoms with Gasteiger partial charge in [0, 0.05) is 4.47 Å². The number of esters is 4. The highest BCUT2D eigenvalue weighted by atomic mass is 79.9. The average molecular weight is 601 g/mol. The van der Waals surface area contributed by atoms with Crippen LogP contribution in [0, 0.1) is 0 Å². The van der Waals surface area contributed by atoms with Crippen molar-refractivity contribution in [3.63, 3.8) is 0 Å². The van der Waals surface area contributed by atoms with Crippen LogP contribution in [0.3, 0.4) is 0 Å². The number of methoxy groups -OCH3 is 4. The van der Waals surface area contributed by atoms with Crippen molar-refractivity contribution in [3.8, 4) is 11.5 Å². The molecule has 0 aliphatic carbocycles. The van der Waals surface area contributed by atoms with E-state index in [-0.39, 0.29) is 47.0 Å². The van der Waals surface area contributed by atoms with Crippen LogP contribution in [-0.4, -0.2) is 52.3 Å². The molecule has 0 saturated heterocycles. The van der Waals surface area contributed by atoms with Gasteiger partial charge in [0.25, 0.3) is 0 Å². The largest absolute Gasteiger partial charge is 0.489 e. The maximum absolute atomic E-state index is 12.0. The summed E-state index contributed by atoms with van der Waals surface area (Å²) in [5.74, 6) is -1.96. The predicted molar refractivity (Wildman–Crippen MR) is 141 cm³/mol. The van der Waals surface area contributed by atoms with Gasteiger partial charge in [-0.25, -0.2) is 19.2 Å². The molecule has 11 heteroatoms. The van der Waals surface area contributed by atoms with Gasteiger partial charge in [-0.15, -0.1) is 0 Å². The number of rotatable bonds is 10. The molecule has 0 spiro atoms. The zero-order valence-electron chi connectivity index (χ0n) is 21.6. The summed E-state index contributed by atoms with van der Waals surface area (Å²) in [4.78, 5) is 48.1. The molecule has 0 N–H and O–H groups in total. The first kappa shape index (κ1) is 29.2. The second-order valence-corrected chi connectivity index (χ2v) is 8.92. The molecule has 0 atom stereocenters. The average Bonchev–Trinajstić information content (AvgIpc) is 2.96. The van der Waals surface area contributed by atoms with Crippen LogP contribution in [0.4, 0.5) is 0 Å². The van der Waals surface area contributed by atoms with Crippen LogP contribution in [-0.2, 0) is 32.2 Å². The van der Waals surface area contributed by atoms with E-state index in [1.165, 1.54) is 64.8 Å². The summed E-state index contributed by atoms with van der Waals surface area (Å²) in [5, 5.41) is 0. The number of benzene rings is 3. The van der Waals surface area contributed by atoms with E-state index >= 15 is 0 Å². The van der Waals surface area contributed by atoms with E-state index in [2.05, 4.69) is 15.9 Å². The molecule has 0 fully saturated rings. The van der Waals surface area contributed by atoms with Gasteiger partial charge in [0.15, 0.2) is 0 Å². The molecule has 0 unspecified atom stereocenters. The molecule has 39 heavy (non-hydrogen) atoms. The van der Waals surface area contributed by atoms with Crippen molar-refractivity contribution in [2.45, 2.75) is 13.2 Å². The van der Waals surface area contributed by atoms with Gasteiger partial charge in [-0.05, 0) is 65.7 Å². The number of ether oxygens (including phenoxy) is 6. The first-order valence-electron chi connectivity index (χ1n) is 11.3. The van der Waals surface area contributed by atoms with Crippen LogP contribution in [0.25, 0.3) is 0 Å². The second-order valence-electron chi connectivity index (χ2n) is 8.00. The molecule has 3 rings (SSSR count). The van der Waals surface area contributed by atoms with E-state index in [4.69, 9.17) is 28.4 Å². The maximum Gasteiger partial charge on any atom is 0.338 e. The standard InChI is InChI=1S/C28H25BrO10/c1-34-25(30)18-8-19(26(31)35-2)11-23(10-18)38-14-16-5-17(7-22(29)6-16)15-39-24-12-20(27(32)36-3)9-21(13-24)28(33)37-4/h5-13H,14-15H2,1-4H3. The van der Waals surface area contributed by atoms with E-state index in [0.29, 0.717) is 0 Å². The number of hydrogen-bond acceptors (Lipinski definition) is 10. The Bertz CT molecular complexity index is 1230. The Morgan fingerprint density at radius 1 is 0.513 bits per heavy atom. The summed E-state index contributed by atoms with van der Waals surface area (Å²) in [7, 11) is 4.95. The van der Waals surface area contributed by atoms with Gasteiger partial charge in [-0.2, -0.15) is 0 Å². The zero-order valence-corrected chi connectivity index (χ0v) is 23.2. The van der Waals surface area contributed by atoms with Crippen LogP contribution >= 0.6 is 15.9 Å². The Balaban J connectivity index is 1.79. The first-order valence-corrected chi connectivity index (χ1v) is 12.1. The highest BCUT2D eigenvalue weighted by molar-refractivity contribution is 9.10. The Morgan fingerprint density at radius 3 is 1.10 bits per heavy atom. The smallest absolute Gasteiger partial charge is 0.338 e. The number of carbonyl (C=O) groups is 4. The fraction of sp³-hybridized carbons (Fsp3) is 0.214. The topological polar surface area (TPSA) is 124 Å². The molecule has 0 aliphatic rings. The van der Waals surface area contributed by atoms with Crippen molar-refractivity contribution in [3.05, 3.63) is 92.5 Å². The van der Waals surface area contributed by atoms with Crippen LogP contribution in [0.15, 0.2) is 59.1 Å². The lowest BCUT2D eigenvalue weighted by Gasteiger charge is -2.13. The fourth-order valence-electron chi connectivity index (χ4n) is 3.52. The lowest BCUT2D eigenvalue weighted by Crippen LogP contribution is -2.08. The van der Waals surface area contributed by atoms with Gasteiger partial charge in [0.2, 0.25) is 0 Å². The third kappa shape index (κ3) is 7.81. The van der Waals surface area contributed by atoms with Crippen LogP contribution in [0.1, 0.15) is 52.6 Å². The lowest BCUT2D eigenvalue weighted by molar-refractivity contribution is 0.0580. The zero-order chi connectivity index (χ0) is 28.5. The first-order chi connectivity index (χ1) is 18.7. The molecule has 0 amide bonds. The molecule has 0 aromatic heterocycles. The van der Waals surface area contributed by atoms with Crippen molar-refractivity contribution in [2.24, 2.45) is 0 Å². The van der Waals surface area contributed by atoms with E-state index < -0.39 is 23.9 Å². The molecule has 0 heterocycles. The molecular formula is C28H25BrO10. The van der Waals surface area contributed by atoms with Gasteiger partial charge in [0.05, 0.1) is 50.7 Å². The number of halogens is 1. The molecule has 204 valence electrons. The molecule has 0 radical (unpaired) electrons. The number of hydrogen-bond donors (Lipinski definition) is 0. The Labute approximate surface area is 232 Å². The molecule has 10 nitrogen and oxygen atoms in total. The SMILES string of the molecule is COC(=O)c1cc(OCc2cc(Br)cc(COc3cc(C(=O)OC)cc(C(=O)OC)c3)c2)cc(C(=O)OC)c1. The quantitative estimate of drug-likeness (QED) is 0.238. The Morgan fingerprint density at radius 2 is 0.821 bits per heavy atom. The summed E-state index contributed by atoms with van der Waals surface area (Å²) in [6.07, 6.45) is 0.